The van der Waals surface area contributed by atoms with Crippen LogP contribution in [-0.4, -0.2) is 32.3 Å². The highest BCUT2D eigenvalue weighted by Crippen LogP contribution is 2.31. The molecule has 2 aromatic carbocycles. The van der Waals surface area contributed by atoms with Gasteiger partial charge in [-0.2, -0.15) is 13.2 Å². The Morgan fingerprint density at radius 1 is 0.931 bits per heavy atom. The molecule has 1 aliphatic rings. The lowest BCUT2D eigenvalue weighted by Crippen LogP contribution is -2.31. The highest BCUT2D eigenvalue weighted by Gasteiger charge is 2.31. The zero-order valence-electron chi connectivity index (χ0n) is 15.6. The number of anilines is 1. The van der Waals surface area contributed by atoms with Gasteiger partial charge in [0.25, 0.3) is 15.9 Å². The average molecular weight is 426 g/mol. The second-order valence-corrected chi connectivity index (χ2v) is 8.60. The Bertz CT molecular complexity index is 965. The number of hydrogen-bond acceptors (Lipinski definition) is 3. The van der Waals surface area contributed by atoms with Gasteiger partial charge >= 0.3 is 6.18 Å². The van der Waals surface area contributed by atoms with Crippen molar-refractivity contribution in [3.8, 4) is 0 Å². The van der Waals surface area contributed by atoms with Gasteiger partial charge in [-0.3, -0.25) is 9.52 Å². The van der Waals surface area contributed by atoms with Crippen LogP contribution in [0.1, 0.15) is 41.6 Å². The van der Waals surface area contributed by atoms with Gasteiger partial charge in [-0.1, -0.05) is 18.9 Å². The summed E-state index contributed by atoms with van der Waals surface area (Å²) in [5, 5.41) is 0. The summed E-state index contributed by atoms with van der Waals surface area (Å²) in [6.45, 7) is 1.39. The SMILES string of the molecule is O=C(c1ccc(NS(=O)(=O)c2cccc(C(F)(F)F)c2)cc1)N1CCCCCC1. The molecule has 1 aliphatic heterocycles. The molecule has 0 radical (unpaired) electrons. The fraction of sp³-hybridized carbons (Fsp3) is 0.350. The second-order valence-electron chi connectivity index (χ2n) is 6.91. The highest BCUT2D eigenvalue weighted by atomic mass is 32.2. The van der Waals surface area contributed by atoms with E-state index in [0.717, 1.165) is 43.9 Å². The Morgan fingerprint density at radius 2 is 1.55 bits per heavy atom. The predicted molar refractivity (Wildman–Crippen MR) is 103 cm³/mol. The molecule has 0 saturated carbocycles. The van der Waals surface area contributed by atoms with Gasteiger partial charge in [0.1, 0.15) is 0 Å². The van der Waals surface area contributed by atoms with Crippen LogP contribution in [0.4, 0.5) is 18.9 Å². The molecule has 0 spiro atoms. The minimum Gasteiger partial charge on any atom is -0.339 e. The first-order chi connectivity index (χ1) is 13.7. The van der Waals surface area contributed by atoms with Crippen LogP contribution in [-0.2, 0) is 16.2 Å². The van der Waals surface area contributed by atoms with E-state index in [2.05, 4.69) is 4.72 Å². The van der Waals surface area contributed by atoms with Crippen LogP contribution in [0.25, 0.3) is 0 Å². The molecule has 156 valence electrons. The molecule has 1 N–H and O–H groups in total. The molecule has 1 saturated heterocycles. The molecule has 0 atom stereocenters. The Kier molecular flexibility index (Phi) is 6.16. The van der Waals surface area contributed by atoms with Gasteiger partial charge in [0, 0.05) is 24.3 Å². The molecule has 1 amide bonds. The van der Waals surface area contributed by atoms with Gasteiger partial charge in [-0.25, -0.2) is 8.42 Å². The minimum atomic E-state index is -4.64. The fourth-order valence-corrected chi connectivity index (χ4v) is 4.29. The summed E-state index contributed by atoms with van der Waals surface area (Å²) < 4.78 is 65.6. The Balaban J connectivity index is 1.74. The number of benzene rings is 2. The number of nitrogens with one attached hydrogen (secondary N) is 1. The van der Waals surface area contributed by atoms with Crippen LogP contribution in [0, 0.1) is 0 Å². The monoisotopic (exact) mass is 426 g/mol. The third-order valence-electron chi connectivity index (χ3n) is 4.75. The van der Waals surface area contributed by atoms with E-state index >= 15 is 0 Å². The van der Waals surface area contributed by atoms with E-state index in [4.69, 9.17) is 0 Å². The molecule has 0 unspecified atom stereocenters. The summed E-state index contributed by atoms with van der Waals surface area (Å²) in [5.41, 5.74) is -0.442. The predicted octanol–water partition coefficient (Wildman–Crippen LogP) is 4.52. The van der Waals surface area contributed by atoms with E-state index in [-0.39, 0.29) is 11.6 Å². The zero-order chi connectivity index (χ0) is 21.1. The maximum Gasteiger partial charge on any atom is 0.416 e. The summed E-state index contributed by atoms with van der Waals surface area (Å²) in [4.78, 5) is 13.9. The van der Waals surface area contributed by atoms with Crippen LogP contribution in [0.15, 0.2) is 53.4 Å². The van der Waals surface area contributed by atoms with Crippen LogP contribution < -0.4 is 4.72 Å². The Hall–Kier alpha value is -2.55. The van der Waals surface area contributed by atoms with Gasteiger partial charge < -0.3 is 4.90 Å². The van der Waals surface area contributed by atoms with Crippen molar-refractivity contribution in [1.29, 1.82) is 0 Å². The van der Waals surface area contributed by atoms with Gasteiger partial charge in [0.15, 0.2) is 0 Å². The molecule has 0 bridgehead atoms. The molecule has 0 aliphatic carbocycles. The number of carbonyl (C=O) groups excluding carboxylic acids is 1. The fourth-order valence-electron chi connectivity index (χ4n) is 3.19. The molecular formula is C20H21F3N2O3S. The quantitative estimate of drug-likeness (QED) is 0.782. The number of amides is 1. The molecule has 2 aromatic rings. The first-order valence-electron chi connectivity index (χ1n) is 9.26. The van der Waals surface area contributed by atoms with Crippen molar-refractivity contribution < 1.29 is 26.4 Å². The number of halogens is 3. The maximum absolute atomic E-state index is 12.8. The Labute approximate surface area is 167 Å². The second kappa shape index (κ2) is 8.44. The van der Waals surface area contributed by atoms with Crippen LogP contribution >= 0.6 is 0 Å². The normalized spacial score (nSPS) is 15.6. The summed E-state index contributed by atoms with van der Waals surface area (Å²) in [5.74, 6) is -0.112. The number of nitrogens with zero attached hydrogens (tertiary/aromatic N) is 1. The van der Waals surface area contributed by atoms with E-state index in [0.29, 0.717) is 24.7 Å². The highest BCUT2D eigenvalue weighted by molar-refractivity contribution is 7.92. The zero-order valence-corrected chi connectivity index (χ0v) is 16.4. The number of alkyl halides is 3. The summed E-state index contributed by atoms with van der Waals surface area (Å²) in [7, 11) is -4.20. The number of hydrogen-bond donors (Lipinski definition) is 1. The molecular weight excluding hydrogens is 405 g/mol. The van der Waals surface area contributed by atoms with Crippen molar-refractivity contribution >= 4 is 21.6 Å². The van der Waals surface area contributed by atoms with E-state index in [9.17, 15) is 26.4 Å². The largest absolute Gasteiger partial charge is 0.416 e. The molecule has 1 heterocycles. The van der Waals surface area contributed by atoms with Crippen LogP contribution in [0.5, 0.6) is 0 Å². The lowest BCUT2D eigenvalue weighted by molar-refractivity contribution is -0.137. The van der Waals surface area contributed by atoms with Crippen molar-refractivity contribution in [1.82, 2.24) is 4.90 Å². The van der Waals surface area contributed by atoms with Crippen LogP contribution in [0.3, 0.4) is 0 Å². The third-order valence-corrected chi connectivity index (χ3v) is 6.13. The number of carbonyl (C=O) groups is 1. The molecule has 5 nitrogen and oxygen atoms in total. The molecule has 3 rings (SSSR count). The average Bonchev–Trinajstić information content (AvgIpc) is 2.97. The van der Waals surface area contributed by atoms with Gasteiger partial charge in [0.05, 0.1) is 10.5 Å². The van der Waals surface area contributed by atoms with Gasteiger partial charge in [0.2, 0.25) is 0 Å². The molecule has 29 heavy (non-hydrogen) atoms. The van der Waals surface area contributed by atoms with E-state index in [1.165, 1.54) is 24.3 Å². The smallest absolute Gasteiger partial charge is 0.339 e. The topological polar surface area (TPSA) is 66.5 Å². The number of sulfonamides is 1. The molecule has 9 heteroatoms. The number of likely N-dealkylation sites (tertiary alicyclic amines) is 1. The van der Waals surface area contributed by atoms with E-state index in [1.807, 2.05) is 0 Å². The van der Waals surface area contributed by atoms with Crippen molar-refractivity contribution in [2.24, 2.45) is 0 Å². The third kappa shape index (κ3) is 5.29. The minimum absolute atomic E-state index is 0.112. The lowest BCUT2D eigenvalue weighted by Gasteiger charge is -2.20. The molecule has 0 aromatic heterocycles. The van der Waals surface area contributed by atoms with Gasteiger partial charge in [-0.05, 0) is 55.3 Å². The van der Waals surface area contributed by atoms with Crippen molar-refractivity contribution in [2.75, 3.05) is 17.8 Å². The maximum atomic E-state index is 12.8. The Morgan fingerprint density at radius 3 is 2.14 bits per heavy atom. The van der Waals surface area contributed by atoms with Crippen molar-refractivity contribution in [2.45, 2.75) is 36.8 Å². The summed E-state index contributed by atoms with van der Waals surface area (Å²) in [6, 6.07) is 9.40. The van der Waals surface area contributed by atoms with Crippen molar-refractivity contribution in [3.05, 3.63) is 59.7 Å². The van der Waals surface area contributed by atoms with Crippen molar-refractivity contribution in [3.63, 3.8) is 0 Å². The van der Waals surface area contributed by atoms with Crippen LogP contribution in [0.2, 0.25) is 0 Å². The number of rotatable bonds is 4. The van der Waals surface area contributed by atoms with E-state index in [1.54, 1.807) is 4.90 Å². The summed E-state index contributed by atoms with van der Waals surface area (Å²) >= 11 is 0. The summed E-state index contributed by atoms with van der Waals surface area (Å²) in [6.07, 6.45) is -0.526. The molecule has 1 fully saturated rings. The first kappa shape index (κ1) is 21.2. The van der Waals surface area contributed by atoms with E-state index < -0.39 is 26.7 Å². The van der Waals surface area contributed by atoms with Gasteiger partial charge in [-0.15, -0.1) is 0 Å². The standard InChI is InChI=1S/C20H21F3N2O3S/c21-20(22,23)16-6-5-7-18(14-16)29(27,28)24-17-10-8-15(9-11-17)19(26)25-12-3-1-2-4-13-25/h5-11,14,24H,1-4,12-13H2. The first-order valence-corrected chi connectivity index (χ1v) is 10.7. The lowest BCUT2D eigenvalue weighted by atomic mass is 10.2.